The van der Waals surface area contributed by atoms with E-state index >= 15 is 0 Å². The Balaban J connectivity index is 1.57. The number of carbonyl (C=O) groups is 3. The highest BCUT2D eigenvalue weighted by Gasteiger charge is 2.14. The van der Waals surface area contributed by atoms with E-state index < -0.39 is 11.8 Å². The average Bonchev–Trinajstić information content (AvgIpc) is 2.70. The van der Waals surface area contributed by atoms with Gasteiger partial charge in [0.25, 0.3) is 0 Å². The maximum absolute atomic E-state index is 12.1. The van der Waals surface area contributed by atoms with E-state index in [4.69, 9.17) is 4.74 Å². The fraction of sp³-hybridized carbons (Fsp3) is 0.0455. The summed E-state index contributed by atoms with van der Waals surface area (Å²) >= 11 is 0. The zero-order valence-electron chi connectivity index (χ0n) is 15.6. The molecule has 0 aliphatic heterocycles. The van der Waals surface area contributed by atoms with E-state index in [1.807, 2.05) is 30.3 Å². The number of hydrogen-bond donors (Lipinski definition) is 3. The zero-order chi connectivity index (χ0) is 20.6. The monoisotopic (exact) mass is 389 g/mol. The Morgan fingerprint density at radius 2 is 1.17 bits per heavy atom. The first-order chi connectivity index (χ1) is 14.0. The van der Waals surface area contributed by atoms with Crippen LogP contribution in [0.1, 0.15) is 6.92 Å². The normalized spacial score (nSPS) is 9.97. The molecule has 3 aromatic rings. The maximum Gasteiger partial charge on any atom is 0.314 e. The quantitative estimate of drug-likeness (QED) is 0.574. The molecule has 0 saturated carbocycles. The Labute approximate surface area is 167 Å². The maximum atomic E-state index is 12.1. The van der Waals surface area contributed by atoms with E-state index in [-0.39, 0.29) is 5.91 Å². The molecule has 146 valence electrons. The van der Waals surface area contributed by atoms with Crippen molar-refractivity contribution in [2.24, 2.45) is 0 Å². The molecule has 3 rings (SSSR count). The van der Waals surface area contributed by atoms with E-state index in [9.17, 15) is 14.4 Å². The molecule has 0 spiro atoms. The molecule has 29 heavy (non-hydrogen) atoms. The molecule has 0 heterocycles. The van der Waals surface area contributed by atoms with Crippen LogP contribution in [0.5, 0.6) is 11.5 Å². The lowest BCUT2D eigenvalue weighted by Gasteiger charge is -2.09. The highest BCUT2D eigenvalue weighted by atomic mass is 16.5. The van der Waals surface area contributed by atoms with Gasteiger partial charge in [-0.1, -0.05) is 24.3 Å². The van der Waals surface area contributed by atoms with Gasteiger partial charge >= 0.3 is 11.8 Å². The smallest absolute Gasteiger partial charge is 0.314 e. The van der Waals surface area contributed by atoms with Gasteiger partial charge in [0.2, 0.25) is 5.91 Å². The summed E-state index contributed by atoms with van der Waals surface area (Å²) in [5, 5.41) is 7.62. The number of amides is 3. The molecule has 0 bridgehead atoms. The molecule has 0 saturated heterocycles. The summed E-state index contributed by atoms with van der Waals surface area (Å²) in [7, 11) is 0. The van der Waals surface area contributed by atoms with Crippen molar-refractivity contribution in [1.82, 2.24) is 0 Å². The Kier molecular flexibility index (Phi) is 6.22. The lowest BCUT2D eigenvalue weighted by atomic mass is 10.2. The molecule has 7 heteroatoms. The van der Waals surface area contributed by atoms with Crippen LogP contribution in [0.2, 0.25) is 0 Å². The number of benzene rings is 3. The summed E-state index contributed by atoms with van der Waals surface area (Å²) in [6.45, 7) is 1.38. The first-order valence-corrected chi connectivity index (χ1v) is 8.82. The second-order valence-electron chi connectivity index (χ2n) is 6.11. The first-order valence-electron chi connectivity index (χ1n) is 8.82. The van der Waals surface area contributed by atoms with Crippen molar-refractivity contribution in [3.05, 3.63) is 78.9 Å². The third-order valence-electron chi connectivity index (χ3n) is 3.74. The van der Waals surface area contributed by atoms with Gasteiger partial charge in [-0.2, -0.15) is 0 Å². The molecule has 3 N–H and O–H groups in total. The van der Waals surface area contributed by atoms with Crippen molar-refractivity contribution in [3.8, 4) is 11.5 Å². The minimum absolute atomic E-state index is 0.231. The van der Waals surface area contributed by atoms with Crippen LogP contribution in [0.25, 0.3) is 0 Å². The van der Waals surface area contributed by atoms with Gasteiger partial charge in [0, 0.05) is 24.0 Å². The number of hydrogen-bond acceptors (Lipinski definition) is 4. The number of nitrogens with one attached hydrogen (secondary N) is 3. The van der Waals surface area contributed by atoms with E-state index in [1.165, 1.54) is 6.92 Å². The third kappa shape index (κ3) is 5.93. The van der Waals surface area contributed by atoms with Crippen molar-refractivity contribution in [3.63, 3.8) is 0 Å². The molecular formula is C22H19N3O4. The van der Waals surface area contributed by atoms with Crippen LogP contribution < -0.4 is 20.7 Å². The average molecular weight is 389 g/mol. The van der Waals surface area contributed by atoms with Crippen LogP contribution in [0, 0.1) is 0 Å². The Bertz CT molecular complexity index is 1020. The predicted octanol–water partition coefficient (Wildman–Crippen LogP) is 4.01. The first kappa shape index (κ1) is 19.6. The number of ether oxygens (including phenoxy) is 1. The number of anilines is 3. The predicted molar refractivity (Wildman–Crippen MR) is 111 cm³/mol. The minimum Gasteiger partial charge on any atom is -0.457 e. The lowest BCUT2D eigenvalue weighted by molar-refractivity contribution is -0.132. The minimum atomic E-state index is -0.824. The summed E-state index contributed by atoms with van der Waals surface area (Å²) in [6.07, 6.45) is 0. The summed E-state index contributed by atoms with van der Waals surface area (Å²) in [6, 6.07) is 22.5. The second kappa shape index (κ2) is 9.18. The van der Waals surface area contributed by atoms with E-state index in [1.54, 1.807) is 48.5 Å². The molecule has 0 fully saturated rings. The SMILES string of the molecule is CC(=O)Nc1cccc(NC(=O)C(=O)Nc2ccc(Oc3ccccc3)cc2)c1. The van der Waals surface area contributed by atoms with Crippen LogP contribution in [-0.4, -0.2) is 17.7 Å². The summed E-state index contributed by atoms with van der Waals surface area (Å²) in [5.74, 6) is -0.564. The highest BCUT2D eigenvalue weighted by molar-refractivity contribution is 6.43. The Morgan fingerprint density at radius 1 is 0.621 bits per heavy atom. The van der Waals surface area contributed by atoms with Crippen LogP contribution >= 0.6 is 0 Å². The summed E-state index contributed by atoms with van der Waals surface area (Å²) in [5.41, 5.74) is 1.37. The Hall–Kier alpha value is -4.13. The van der Waals surface area contributed by atoms with Crippen molar-refractivity contribution in [2.75, 3.05) is 16.0 Å². The molecule has 3 aromatic carbocycles. The van der Waals surface area contributed by atoms with E-state index in [2.05, 4.69) is 16.0 Å². The number of carbonyl (C=O) groups excluding carboxylic acids is 3. The second-order valence-corrected chi connectivity index (χ2v) is 6.11. The topological polar surface area (TPSA) is 96.5 Å². The molecule has 3 amide bonds. The lowest BCUT2D eigenvalue weighted by Crippen LogP contribution is -2.29. The molecule has 0 atom stereocenters. The van der Waals surface area contributed by atoms with Crippen molar-refractivity contribution in [2.45, 2.75) is 6.92 Å². The number of para-hydroxylation sites is 1. The zero-order valence-corrected chi connectivity index (χ0v) is 15.6. The molecule has 0 radical (unpaired) electrons. The van der Waals surface area contributed by atoms with E-state index in [0.29, 0.717) is 28.6 Å². The van der Waals surface area contributed by atoms with Gasteiger partial charge in [-0.15, -0.1) is 0 Å². The fourth-order valence-corrected chi connectivity index (χ4v) is 2.48. The van der Waals surface area contributed by atoms with Crippen LogP contribution in [-0.2, 0) is 14.4 Å². The van der Waals surface area contributed by atoms with Gasteiger partial charge < -0.3 is 20.7 Å². The Morgan fingerprint density at radius 3 is 1.79 bits per heavy atom. The van der Waals surface area contributed by atoms with Crippen LogP contribution in [0.15, 0.2) is 78.9 Å². The van der Waals surface area contributed by atoms with E-state index in [0.717, 1.165) is 0 Å². The largest absolute Gasteiger partial charge is 0.457 e. The molecule has 0 unspecified atom stereocenters. The molecule has 0 aliphatic carbocycles. The van der Waals surface area contributed by atoms with Gasteiger partial charge in [0.15, 0.2) is 0 Å². The van der Waals surface area contributed by atoms with Gasteiger partial charge in [0.1, 0.15) is 11.5 Å². The molecule has 0 aliphatic rings. The van der Waals surface area contributed by atoms with Crippen LogP contribution in [0.3, 0.4) is 0 Å². The summed E-state index contributed by atoms with van der Waals surface area (Å²) in [4.78, 5) is 35.4. The molecule has 0 aromatic heterocycles. The third-order valence-corrected chi connectivity index (χ3v) is 3.74. The van der Waals surface area contributed by atoms with Gasteiger partial charge in [-0.05, 0) is 54.6 Å². The highest BCUT2D eigenvalue weighted by Crippen LogP contribution is 2.22. The molecular weight excluding hydrogens is 370 g/mol. The van der Waals surface area contributed by atoms with Gasteiger partial charge in [-0.3, -0.25) is 14.4 Å². The van der Waals surface area contributed by atoms with Gasteiger partial charge in [-0.25, -0.2) is 0 Å². The molecule has 7 nitrogen and oxygen atoms in total. The van der Waals surface area contributed by atoms with Crippen molar-refractivity contribution >= 4 is 34.8 Å². The number of rotatable bonds is 5. The van der Waals surface area contributed by atoms with Crippen molar-refractivity contribution < 1.29 is 19.1 Å². The summed E-state index contributed by atoms with van der Waals surface area (Å²) < 4.78 is 5.68. The standard InChI is InChI=1S/C22H19N3O4/c1-15(26)23-17-6-5-7-18(14-17)25-22(28)21(27)24-16-10-12-20(13-11-16)29-19-8-3-2-4-9-19/h2-14H,1H3,(H,23,26)(H,24,27)(H,25,28). The van der Waals surface area contributed by atoms with Crippen molar-refractivity contribution in [1.29, 1.82) is 0 Å². The van der Waals surface area contributed by atoms with Crippen LogP contribution in [0.4, 0.5) is 17.1 Å². The fourth-order valence-electron chi connectivity index (χ4n) is 2.48. The van der Waals surface area contributed by atoms with Gasteiger partial charge in [0.05, 0.1) is 0 Å².